The number of fused-ring (bicyclic) bond motifs is 4. The first-order valence-electron chi connectivity index (χ1n) is 11.1. The van der Waals surface area contributed by atoms with Gasteiger partial charge in [-0.2, -0.15) is 5.06 Å². The van der Waals surface area contributed by atoms with Gasteiger partial charge in [-0.15, -0.1) is 0 Å². The molecule has 33 heavy (non-hydrogen) atoms. The van der Waals surface area contributed by atoms with E-state index in [1.165, 1.54) is 12.0 Å². The van der Waals surface area contributed by atoms with Crippen molar-refractivity contribution in [3.63, 3.8) is 0 Å². The minimum Gasteiger partial charge on any atom is -0.344 e. The minimum absolute atomic E-state index is 0.246. The second-order valence-corrected chi connectivity index (χ2v) is 8.29. The van der Waals surface area contributed by atoms with Crippen LogP contribution in [0.1, 0.15) is 30.6 Å². The van der Waals surface area contributed by atoms with Gasteiger partial charge < -0.3 is 20.5 Å². The molecule has 2 heterocycles. The number of hydroxylamine groups is 1. The van der Waals surface area contributed by atoms with Crippen molar-refractivity contribution < 1.29 is 14.4 Å². The molecule has 1 amide bonds. The topological polar surface area (TPSA) is 89.6 Å². The van der Waals surface area contributed by atoms with Crippen molar-refractivity contribution in [2.75, 3.05) is 16.9 Å². The molecule has 5 rings (SSSR count). The van der Waals surface area contributed by atoms with Crippen LogP contribution in [0.3, 0.4) is 0 Å². The number of hydrogen-bond acceptors (Lipinski definition) is 5. The lowest BCUT2D eigenvalue weighted by atomic mass is 9.97. The number of nitrogens with zero attached hydrogens (tertiary/aromatic N) is 2. The lowest BCUT2D eigenvalue weighted by molar-refractivity contribution is -0.144. The number of aryl methyl sites for hydroxylation is 1. The molecule has 0 saturated carbocycles. The second kappa shape index (κ2) is 8.26. The summed E-state index contributed by atoms with van der Waals surface area (Å²) in [6, 6.07) is 18.8. The summed E-state index contributed by atoms with van der Waals surface area (Å²) in [6.45, 7) is 4.67. The van der Waals surface area contributed by atoms with Crippen molar-refractivity contribution in [2.45, 2.75) is 32.9 Å². The number of anilines is 2. The van der Waals surface area contributed by atoms with Crippen LogP contribution >= 0.6 is 0 Å². The first-order chi connectivity index (χ1) is 16.0. The molecule has 1 aromatic heterocycles. The molecule has 0 spiro atoms. The van der Waals surface area contributed by atoms with Gasteiger partial charge in [-0.25, -0.2) is 0 Å². The van der Waals surface area contributed by atoms with Gasteiger partial charge in [0, 0.05) is 41.0 Å². The Hall–Kier alpha value is -3.84. The average Bonchev–Trinajstić information content (AvgIpc) is 3.08. The highest BCUT2D eigenvalue weighted by molar-refractivity contribution is 6.12. The number of benzene rings is 3. The Morgan fingerprint density at radius 2 is 1.79 bits per heavy atom. The number of amides is 1. The highest BCUT2D eigenvalue weighted by atomic mass is 16.7. The fraction of sp³-hybridized carbons (Fsp3) is 0.231. The maximum absolute atomic E-state index is 13.5. The number of para-hydroxylation sites is 1. The van der Waals surface area contributed by atoms with Crippen LogP contribution in [-0.4, -0.2) is 23.0 Å². The molecule has 7 nitrogen and oxygen atoms in total. The van der Waals surface area contributed by atoms with Gasteiger partial charge in [0.25, 0.3) is 5.91 Å². The number of aromatic nitrogens is 1. The minimum atomic E-state index is -0.837. The lowest BCUT2D eigenvalue weighted by Crippen LogP contribution is -2.43. The summed E-state index contributed by atoms with van der Waals surface area (Å²) in [5.74, 6) is -0.734. The Morgan fingerprint density at radius 3 is 2.55 bits per heavy atom. The fourth-order valence-corrected chi connectivity index (χ4v) is 4.86. The highest BCUT2D eigenvalue weighted by Gasteiger charge is 2.40. The quantitative estimate of drug-likeness (QED) is 0.477. The van der Waals surface area contributed by atoms with E-state index in [9.17, 15) is 9.59 Å². The molecule has 0 fully saturated rings. The molecule has 168 valence electrons. The molecule has 0 radical (unpaired) electrons. The van der Waals surface area contributed by atoms with E-state index in [0.717, 1.165) is 45.9 Å². The molecule has 1 unspecified atom stereocenters. The van der Waals surface area contributed by atoms with E-state index in [1.807, 2.05) is 67.6 Å². The van der Waals surface area contributed by atoms with Gasteiger partial charge in [-0.1, -0.05) is 48.5 Å². The molecule has 0 saturated heterocycles. The third kappa shape index (κ3) is 3.41. The summed E-state index contributed by atoms with van der Waals surface area (Å²) in [6.07, 6.45) is 0.816. The number of nitrogens with one attached hydrogen (secondary N) is 1. The summed E-state index contributed by atoms with van der Waals surface area (Å²) in [5.41, 5.74) is 9.86. The van der Waals surface area contributed by atoms with E-state index in [0.29, 0.717) is 17.9 Å². The van der Waals surface area contributed by atoms with Crippen molar-refractivity contribution in [2.24, 2.45) is 5.73 Å². The summed E-state index contributed by atoms with van der Waals surface area (Å²) in [7, 11) is 0. The number of rotatable bonds is 5. The van der Waals surface area contributed by atoms with Crippen LogP contribution in [0.15, 0.2) is 60.7 Å². The van der Waals surface area contributed by atoms with Gasteiger partial charge in [-0.3, -0.25) is 9.59 Å². The molecule has 1 aliphatic heterocycles. The third-order valence-corrected chi connectivity index (χ3v) is 6.23. The molecular formula is C26H26N4O3. The summed E-state index contributed by atoms with van der Waals surface area (Å²) < 4.78 is 2.19. The van der Waals surface area contributed by atoms with Crippen molar-refractivity contribution in [1.29, 1.82) is 0 Å². The molecular weight excluding hydrogens is 416 g/mol. The zero-order chi connectivity index (χ0) is 23.1. The van der Waals surface area contributed by atoms with E-state index in [1.54, 1.807) is 0 Å². The molecule has 7 heteroatoms. The summed E-state index contributed by atoms with van der Waals surface area (Å²) in [5, 5.41) is 7.37. The van der Waals surface area contributed by atoms with E-state index >= 15 is 0 Å². The highest BCUT2D eigenvalue weighted by Crippen LogP contribution is 2.45. The molecule has 0 bridgehead atoms. The van der Waals surface area contributed by atoms with Gasteiger partial charge in [-0.05, 0) is 37.4 Å². The Bertz CT molecular complexity index is 1390. The smallest absolute Gasteiger partial charge is 0.329 e. The van der Waals surface area contributed by atoms with Crippen molar-refractivity contribution in [3.05, 3.63) is 71.9 Å². The SMILES string of the molecule is CC(=O)ON1c2c(ccc3ccccc23)NC(=O)C1c1c(C)n(CCCN)c2ccccc12. The molecule has 1 atom stereocenters. The van der Waals surface area contributed by atoms with Gasteiger partial charge in [0.15, 0.2) is 6.04 Å². The Morgan fingerprint density at radius 1 is 1.06 bits per heavy atom. The fourth-order valence-electron chi connectivity index (χ4n) is 4.86. The van der Waals surface area contributed by atoms with Crippen LogP contribution < -0.4 is 16.1 Å². The molecule has 3 N–H and O–H groups in total. The van der Waals surface area contributed by atoms with Crippen LogP contribution in [0.2, 0.25) is 0 Å². The lowest BCUT2D eigenvalue weighted by Gasteiger charge is -2.37. The van der Waals surface area contributed by atoms with Gasteiger partial charge in [0.2, 0.25) is 0 Å². The molecule has 1 aliphatic rings. The van der Waals surface area contributed by atoms with Gasteiger partial charge in [0.1, 0.15) is 5.69 Å². The Kier molecular flexibility index (Phi) is 5.26. The first kappa shape index (κ1) is 21.0. The number of nitrogens with two attached hydrogens (primary N) is 1. The average molecular weight is 443 g/mol. The Labute approximate surface area is 191 Å². The number of carbonyl (C=O) groups excluding carboxylic acids is 2. The van der Waals surface area contributed by atoms with E-state index < -0.39 is 12.0 Å². The van der Waals surface area contributed by atoms with Gasteiger partial charge in [0.05, 0.1) is 5.69 Å². The molecule has 3 aromatic carbocycles. The van der Waals surface area contributed by atoms with Crippen molar-refractivity contribution >= 4 is 44.9 Å². The van der Waals surface area contributed by atoms with Gasteiger partial charge >= 0.3 is 5.97 Å². The standard InChI is InChI=1S/C26H26N4O3/c1-16-23(20-10-5-6-11-22(20)29(16)15-7-14-27)25-26(32)28-21-13-12-18-8-3-4-9-19(18)24(21)30(25)33-17(2)31/h3-6,8-13,25H,7,14-15,27H2,1-2H3,(H,28,32). The Balaban J connectivity index is 1.77. The predicted octanol–water partition coefficient (Wildman–Crippen LogP) is 4.43. The number of carbonyl (C=O) groups is 2. The van der Waals surface area contributed by atoms with Crippen LogP contribution in [0.25, 0.3) is 21.7 Å². The normalized spacial score (nSPS) is 15.5. The van der Waals surface area contributed by atoms with Crippen molar-refractivity contribution in [1.82, 2.24) is 4.57 Å². The summed E-state index contributed by atoms with van der Waals surface area (Å²) in [4.78, 5) is 31.5. The van der Waals surface area contributed by atoms with Crippen LogP contribution in [-0.2, 0) is 21.0 Å². The van der Waals surface area contributed by atoms with Crippen molar-refractivity contribution in [3.8, 4) is 0 Å². The second-order valence-electron chi connectivity index (χ2n) is 8.29. The molecule has 0 aliphatic carbocycles. The zero-order valence-electron chi connectivity index (χ0n) is 18.7. The molecule has 4 aromatic rings. The van der Waals surface area contributed by atoms with E-state index in [2.05, 4.69) is 9.88 Å². The number of hydrogen-bond donors (Lipinski definition) is 2. The van der Waals surface area contributed by atoms with Crippen LogP contribution in [0.5, 0.6) is 0 Å². The van der Waals surface area contributed by atoms with E-state index in [-0.39, 0.29) is 5.91 Å². The zero-order valence-corrected chi connectivity index (χ0v) is 18.7. The predicted molar refractivity (Wildman–Crippen MR) is 130 cm³/mol. The largest absolute Gasteiger partial charge is 0.344 e. The van der Waals surface area contributed by atoms with Crippen LogP contribution in [0.4, 0.5) is 11.4 Å². The third-order valence-electron chi connectivity index (χ3n) is 6.23. The maximum Gasteiger partial charge on any atom is 0.329 e. The maximum atomic E-state index is 13.5. The summed E-state index contributed by atoms with van der Waals surface area (Å²) >= 11 is 0. The van der Waals surface area contributed by atoms with Crippen LogP contribution in [0, 0.1) is 6.92 Å². The first-order valence-corrected chi connectivity index (χ1v) is 11.1. The van der Waals surface area contributed by atoms with E-state index in [4.69, 9.17) is 10.6 Å². The monoisotopic (exact) mass is 442 g/mol.